The summed E-state index contributed by atoms with van der Waals surface area (Å²) in [4.78, 5) is 0. The maximum Gasteiger partial charge on any atom is 0.0626 e. The predicted octanol–water partition coefficient (Wildman–Crippen LogP) is 4.69. The van der Waals surface area contributed by atoms with Crippen LogP contribution in [0.2, 0.25) is 5.02 Å². The van der Waals surface area contributed by atoms with Crippen LogP contribution in [-0.2, 0) is 6.42 Å². The van der Waals surface area contributed by atoms with E-state index in [-0.39, 0.29) is 30.6 Å². The molecule has 0 aliphatic carbocycles. The normalized spacial score (nSPS) is 14.0. The van der Waals surface area contributed by atoms with Gasteiger partial charge in [-0.3, -0.25) is 0 Å². The largest absolute Gasteiger partial charge is 0.0840 e. The van der Waals surface area contributed by atoms with Crippen molar-refractivity contribution < 1.29 is 5.48 Å². The maximum atomic E-state index is 7.86. The Morgan fingerprint density at radius 1 is 1.27 bits per heavy atom. The summed E-state index contributed by atoms with van der Waals surface area (Å²) < 4.78 is 31.8. The van der Waals surface area contributed by atoms with Crippen LogP contribution >= 0.6 is 27.5 Å². The van der Waals surface area contributed by atoms with Gasteiger partial charge in [0.05, 0.1) is 5.48 Å². The van der Waals surface area contributed by atoms with Gasteiger partial charge in [0.1, 0.15) is 0 Å². The van der Waals surface area contributed by atoms with Crippen LogP contribution in [-0.4, -0.2) is 0 Å². The van der Waals surface area contributed by atoms with Crippen LogP contribution in [0.3, 0.4) is 0 Å². The van der Waals surface area contributed by atoms with Gasteiger partial charge in [-0.2, -0.15) is 0 Å². The van der Waals surface area contributed by atoms with Crippen molar-refractivity contribution in [3.63, 3.8) is 0 Å². The second-order valence-corrected chi connectivity index (χ2v) is 4.40. The van der Waals surface area contributed by atoms with Crippen molar-refractivity contribution in [2.24, 2.45) is 0 Å². The van der Waals surface area contributed by atoms with Crippen molar-refractivity contribution in [3.05, 3.63) is 69.1 Å². The number of benzene rings is 2. The molecule has 0 radical (unpaired) electrons. The van der Waals surface area contributed by atoms with Crippen LogP contribution in [0.25, 0.3) is 0 Å². The minimum absolute atomic E-state index is 0.0166. The Labute approximate surface area is 109 Å². The van der Waals surface area contributed by atoms with Crippen LogP contribution in [0.4, 0.5) is 0 Å². The molecule has 0 saturated carbocycles. The van der Waals surface area contributed by atoms with Crippen molar-refractivity contribution in [1.29, 1.82) is 0 Å². The summed E-state index contributed by atoms with van der Waals surface area (Å²) in [5.41, 5.74) is 1.13. The molecular formula is C13H10BrCl. The lowest BCUT2D eigenvalue weighted by Gasteiger charge is -2.04. The van der Waals surface area contributed by atoms with Crippen LogP contribution in [0, 0.1) is 0 Å². The maximum absolute atomic E-state index is 7.86. The number of hydrogen-bond donors (Lipinski definition) is 0. The van der Waals surface area contributed by atoms with Crippen molar-refractivity contribution in [1.82, 2.24) is 0 Å². The van der Waals surface area contributed by atoms with Gasteiger partial charge in [0, 0.05) is 9.50 Å². The topological polar surface area (TPSA) is 0 Å². The molecule has 15 heavy (non-hydrogen) atoms. The first-order chi connectivity index (χ1) is 8.90. The first kappa shape index (κ1) is 6.72. The quantitative estimate of drug-likeness (QED) is 0.751. The molecule has 0 aliphatic heterocycles. The molecule has 0 fully saturated rings. The molecule has 2 aromatic carbocycles. The van der Waals surface area contributed by atoms with Crippen LogP contribution < -0.4 is 0 Å². The monoisotopic (exact) mass is 284 g/mol. The van der Waals surface area contributed by atoms with Crippen molar-refractivity contribution in [3.8, 4) is 0 Å². The van der Waals surface area contributed by atoms with Gasteiger partial charge in [-0.1, -0.05) is 57.8 Å². The van der Waals surface area contributed by atoms with Gasteiger partial charge in [-0.15, -0.1) is 0 Å². The van der Waals surface area contributed by atoms with E-state index >= 15 is 0 Å². The Kier molecular flexibility index (Phi) is 2.16. The highest BCUT2D eigenvalue weighted by Gasteiger charge is 2.01. The summed E-state index contributed by atoms with van der Waals surface area (Å²) >= 11 is 9.44. The molecule has 0 aliphatic rings. The molecule has 0 aromatic heterocycles. The fourth-order valence-electron chi connectivity index (χ4n) is 1.27. The van der Waals surface area contributed by atoms with Gasteiger partial charge < -0.3 is 0 Å². The van der Waals surface area contributed by atoms with Gasteiger partial charge in [0.2, 0.25) is 0 Å². The predicted molar refractivity (Wildman–Crippen MR) is 68.4 cm³/mol. The zero-order chi connectivity index (χ0) is 14.2. The van der Waals surface area contributed by atoms with Crippen molar-refractivity contribution in [2.75, 3.05) is 0 Å². The third kappa shape index (κ3) is 2.83. The fraction of sp³-hybridized carbons (Fsp3) is 0.0769. The minimum atomic E-state index is -0.0397. The van der Waals surface area contributed by atoms with E-state index in [1.807, 2.05) is 12.1 Å². The van der Waals surface area contributed by atoms with Gasteiger partial charge in [-0.05, 0) is 35.7 Å². The summed E-state index contributed by atoms with van der Waals surface area (Å²) in [6.07, 6.45) is 0.272. The fourth-order valence-corrected chi connectivity index (χ4v) is 1.86. The smallest absolute Gasteiger partial charge is 0.0626 e. The zero-order valence-corrected chi connectivity index (χ0v) is 10.1. The third-order valence-electron chi connectivity index (χ3n) is 1.97. The van der Waals surface area contributed by atoms with Crippen LogP contribution in [0.15, 0.2) is 52.9 Å². The molecule has 2 aromatic rings. The Morgan fingerprint density at radius 2 is 2.00 bits per heavy atom. The highest BCUT2D eigenvalue weighted by molar-refractivity contribution is 9.10. The highest BCUT2D eigenvalue weighted by atomic mass is 79.9. The summed E-state index contributed by atoms with van der Waals surface area (Å²) in [5, 5.41) is 0.545. The lowest BCUT2D eigenvalue weighted by Crippen LogP contribution is -1.88. The van der Waals surface area contributed by atoms with E-state index in [1.165, 1.54) is 6.07 Å². The molecule has 0 atom stereocenters. The standard InChI is InChI=1S/C13H10BrCl/c14-12-6-7-13(15)11(9-12)8-10-4-2-1-3-5-10/h1-7,9H,8H2/i2D,3D,4D,5D. The Bertz CT molecular complexity index is 617. The average Bonchev–Trinajstić information content (AvgIpc) is 2.36. The van der Waals surface area contributed by atoms with E-state index in [0.29, 0.717) is 10.6 Å². The molecule has 0 heterocycles. The van der Waals surface area contributed by atoms with Crippen LogP contribution in [0.1, 0.15) is 16.6 Å². The Balaban J connectivity index is 2.52. The summed E-state index contributed by atoms with van der Waals surface area (Å²) in [6.45, 7) is 0. The molecule has 0 N–H and O–H groups in total. The number of halogens is 2. The number of rotatable bonds is 2. The van der Waals surface area contributed by atoms with Crippen molar-refractivity contribution >= 4 is 27.5 Å². The minimum Gasteiger partial charge on any atom is -0.0840 e. The lowest BCUT2D eigenvalue weighted by molar-refractivity contribution is 1.19. The van der Waals surface area contributed by atoms with E-state index in [9.17, 15) is 0 Å². The second kappa shape index (κ2) is 4.82. The van der Waals surface area contributed by atoms with Crippen LogP contribution in [0.5, 0.6) is 0 Å². The van der Waals surface area contributed by atoms with Gasteiger partial charge in [-0.25, -0.2) is 0 Å². The molecular weight excluding hydrogens is 272 g/mol. The van der Waals surface area contributed by atoms with E-state index in [1.54, 1.807) is 6.07 Å². The average molecular weight is 286 g/mol. The molecule has 2 heteroatoms. The SMILES string of the molecule is [2H]c1cc([2H])c([2H])c(Cc2cc(Br)ccc2Cl)c1[2H]. The molecule has 0 amide bonds. The Morgan fingerprint density at radius 3 is 2.73 bits per heavy atom. The third-order valence-corrected chi connectivity index (χ3v) is 2.83. The Hall–Kier alpha value is -0.790. The van der Waals surface area contributed by atoms with E-state index < -0.39 is 0 Å². The summed E-state index contributed by atoms with van der Waals surface area (Å²) in [5.74, 6) is 0. The molecule has 0 spiro atoms. The molecule has 0 nitrogen and oxygen atoms in total. The zero-order valence-electron chi connectivity index (χ0n) is 11.8. The lowest BCUT2D eigenvalue weighted by atomic mass is 10.1. The summed E-state index contributed by atoms with van der Waals surface area (Å²) in [7, 11) is 0. The number of hydrogen-bond acceptors (Lipinski definition) is 0. The molecule has 0 bridgehead atoms. The first-order valence-electron chi connectivity index (χ1n) is 6.40. The molecule has 0 unspecified atom stereocenters. The second-order valence-electron chi connectivity index (χ2n) is 3.07. The molecule has 2 rings (SSSR count). The van der Waals surface area contributed by atoms with E-state index in [2.05, 4.69) is 15.9 Å². The first-order valence-corrected chi connectivity index (χ1v) is 5.57. The van der Waals surface area contributed by atoms with Gasteiger partial charge in [0.15, 0.2) is 0 Å². The van der Waals surface area contributed by atoms with Crippen molar-refractivity contribution in [2.45, 2.75) is 6.42 Å². The highest BCUT2D eigenvalue weighted by Crippen LogP contribution is 2.23. The summed E-state index contributed by atoms with van der Waals surface area (Å²) in [6, 6.07) is 6.48. The van der Waals surface area contributed by atoms with E-state index in [0.717, 1.165) is 10.0 Å². The molecule has 0 saturated heterocycles. The van der Waals surface area contributed by atoms with Gasteiger partial charge in [0.25, 0.3) is 0 Å². The van der Waals surface area contributed by atoms with E-state index in [4.69, 9.17) is 17.1 Å². The molecule has 76 valence electrons. The van der Waals surface area contributed by atoms with Gasteiger partial charge >= 0.3 is 0 Å².